The van der Waals surface area contributed by atoms with E-state index in [1.807, 2.05) is 30.3 Å². The van der Waals surface area contributed by atoms with E-state index in [2.05, 4.69) is 5.32 Å². The molecule has 0 saturated heterocycles. The Kier molecular flexibility index (Phi) is 3.45. The van der Waals surface area contributed by atoms with Gasteiger partial charge >= 0.3 is 5.97 Å². The van der Waals surface area contributed by atoms with Crippen LogP contribution in [0.4, 0.5) is 0 Å². The van der Waals surface area contributed by atoms with Gasteiger partial charge in [-0.15, -0.1) is 11.3 Å². The van der Waals surface area contributed by atoms with E-state index in [0.717, 1.165) is 10.1 Å². The third-order valence-corrected chi connectivity index (χ3v) is 4.06. The van der Waals surface area contributed by atoms with Crippen LogP contribution in [0.5, 0.6) is 0 Å². The minimum Gasteiger partial charge on any atom is -0.475 e. The highest BCUT2D eigenvalue weighted by Crippen LogP contribution is 2.25. The summed E-state index contributed by atoms with van der Waals surface area (Å²) in [4.78, 5) is 23.4. The Bertz CT molecular complexity index is 785. The smallest absolute Gasteiger partial charge is 0.371 e. The molecule has 1 aromatic carbocycles. The Morgan fingerprint density at radius 3 is 2.71 bits per heavy atom. The molecule has 3 aromatic rings. The van der Waals surface area contributed by atoms with Gasteiger partial charge in [-0.2, -0.15) is 0 Å². The minimum atomic E-state index is -1.13. The van der Waals surface area contributed by atoms with E-state index in [4.69, 9.17) is 9.52 Å². The number of carbonyl (C=O) groups is 2. The minimum absolute atomic E-state index is 0.138. The molecule has 0 radical (unpaired) electrons. The van der Waals surface area contributed by atoms with Crippen molar-refractivity contribution in [2.45, 2.75) is 6.54 Å². The zero-order valence-corrected chi connectivity index (χ0v) is 11.6. The molecule has 0 unspecified atom stereocenters. The number of carbonyl (C=O) groups excluding carboxylic acids is 1. The summed E-state index contributed by atoms with van der Waals surface area (Å²) in [6, 6.07) is 12.5. The average molecular weight is 301 g/mol. The van der Waals surface area contributed by atoms with Crippen molar-refractivity contribution < 1.29 is 19.1 Å². The molecule has 1 amide bonds. The van der Waals surface area contributed by atoms with Gasteiger partial charge in [0.1, 0.15) is 5.76 Å². The first-order valence-corrected chi connectivity index (χ1v) is 7.04. The maximum atomic E-state index is 12.1. The van der Waals surface area contributed by atoms with Gasteiger partial charge in [0, 0.05) is 4.70 Å². The summed E-state index contributed by atoms with van der Waals surface area (Å²) in [6.45, 7) is 0.153. The molecular weight excluding hydrogens is 290 g/mol. The number of benzene rings is 1. The number of hydrogen-bond acceptors (Lipinski definition) is 4. The molecule has 0 aliphatic rings. The van der Waals surface area contributed by atoms with Crippen LogP contribution in [0.3, 0.4) is 0 Å². The number of amides is 1. The van der Waals surface area contributed by atoms with E-state index in [1.165, 1.54) is 23.5 Å². The standard InChI is InChI=1S/C15H11NO4S/c17-14(13-7-9-3-1-2-4-12(9)21-13)16-8-10-5-6-11(20-10)15(18)19/h1-7H,8H2,(H,16,17)(H,18,19). The van der Waals surface area contributed by atoms with Crippen LogP contribution in [0, 0.1) is 0 Å². The summed E-state index contributed by atoms with van der Waals surface area (Å²) in [5.41, 5.74) is 0. The topological polar surface area (TPSA) is 79.5 Å². The van der Waals surface area contributed by atoms with E-state index in [1.54, 1.807) is 0 Å². The zero-order valence-electron chi connectivity index (χ0n) is 10.8. The fourth-order valence-corrected chi connectivity index (χ4v) is 2.92. The van der Waals surface area contributed by atoms with Crippen LogP contribution in [0.15, 0.2) is 46.9 Å². The number of thiophene rings is 1. The lowest BCUT2D eigenvalue weighted by molar-refractivity contribution is 0.0660. The van der Waals surface area contributed by atoms with E-state index in [0.29, 0.717) is 10.6 Å². The van der Waals surface area contributed by atoms with Gasteiger partial charge in [-0.05, 0) is 29.7 Å². The van der Waals surface area contributed by atoms with E-state index in [-0.39, 0.29) is 18.2 Å². The molecule has 2 N–H and O–H groups in total. The van der Waals surface area contributed by atoms with Crippen LogP contribution >= 0.6 is 11.3 Å². The van der Waals surface area contributed by atoms with E-state index in [9.17, 15) is 9.59 Å². The maximum Gasteiger partial charge on any atom is 0.371 e. The molecule has 3 rings (SSSR count). The normalized spacial score (nSPS) is 10.7. The van der Waals surface area contributed by atoms with Gasteiger partial charge < -0.3 is 14.8 Å². The predicted molar refractivity (Wildman–Crippen MR) is 78.7 cm³/mol. The van der Waals surface area contributed by atoms with Crippen molar-refractivity contribution in [1.29, 1.82) is 0 Å². The van der Waals surface area contributed by atoms with Crippen LogP contribution in [-0.2, 0) is 6.54 Å². The van der Waals surface area contributed by atoms with Crippen molar-refractivity contribution in [3.05, 3.63) is 58.9 Å². The van der Waals surface area contributed by atoms with Crippen LogP contribution < -0.4 is 5.32 Å². The summed E-state index contributed by atoms with van der Waals surface area (Å²) < 4.78 is 6.13. The first-order valence-electron chi connectivity index (χ1n) is 6.22. The predicted octanol–water partition coefficient (Wildman–Crippen LogP) is 3.12. The second kappa shape index (κ2) is 5.41. The van der Waals surface area contributed by atoms with Crippen molar-refractivity contribution >= 4 is 33.3 Å². The van der Waals surface area contributed by atoms with Crippen molar-refractivity contribution in [1.82, 2.24) is 5.32 Å². The van der Waals surface area contributed by atoms with Gasteiger partial charge in [0.15, 0.2) is 0 Å². The summed E-state index contributed by atoms with van der Waals surface area (Å²) in [5, 5.41) is 12.5. The summed E-state index contributed by atoms with van der Waals surface area (Å²) >= 11 is 1.41. The second-order valence-corrected chi connectivity index (χ2v) is 5.49. The number of fused-ring (bicyclic) bond motifs is 1. The van der Waals surface area contributed by atoms with Crippen LogP contribution in [0.2, 0.25) is 0 Å². The quantitative estimate of drug-likeness (QED) is 0.776. The lowest BCUT2D eigenvalue weighted by Gasteiger charge is -2.00. The molecule has 0 bridgehead atoms. The number of aromatic carboxylic acids is 1. The molecule has 21 heavy (non-hydrogen) atoms. The van der Waals surface area contributed by atoms with Gasteiger partial charge in [-0.1, -0.05) is 18.2 Å². The van der Waals surface area contributed by atoms with Gasteiger partial charge in [0.2, 0.25) is 5.76 Å². The van der Waals surface area contributed by atoms with E-state index < -0.39 is 5.97 Å². The van der Waals surface area contributed by atoms with Crippen LogP contribution in [0.1, 0.15) is 26.0 Å². The number of carboxylic acid groups (broad SMARTS) is 1. The molecule has 0 spiro atoms. The monoisotopic (exact) mass is 301 g/mol. The summed E-state index contributed by atoms with van der Waals surface area (Å²) in [7, 11) is 0. The Morgan fingerprint density at radius 1 is 1.19 bits per heavy atom. The lowest BCUT2D eigenvalue weighted by atomic mass is 10.2. The fourth-order valence-electron chi connectivity index (χ4n) is 1.94. The fraction of sp³-hybridized carbons (Fsp3) is 0.0667. The van der Waals surface area contributed by atoms with Gasteiger partial charge in [-0.25, -0.2) is 4.79 Å². The number of rotatable bonds is 4. The van der Waals surface area contributed by atoms with Gasteiger partial charge in [0.05, 0.1) is 11.4 Å². The molecular formula is C15H11NO4S. The maximum absolute atomic E-state index is 12.1. The SMILES string of the molecule is O=C(O)c1ccc(CNC(=O)c2cc3ccccc3s2)o1. The lowest BCUT2D eigenvalue weighted by Crippen LogP contribution is -2.21. The molecule has 0 atom stereocenters. The summed E-state index contributed by atoms with van der Waals surface area (Å²) in [5.74, 6) is -1.07. The van der Waals surface area contributed by atoms with Gasteiger partial charge in [0.25, 0.3) is 5.91 Å². The Hall–Kier alpha value is -2.60. The highest BCUT2D eigenvalue weighted by molar-refractivity contribution is 7.20. The molecule has 6 heteroatoms. The number of nitrogens with one attached hydrogen (secondary N) is 1. The zero-order chi connectivity index (χ0) is 14.8. The molecule has 5 nitrogen and oxygen atoms in total. The highest BCUT2D eigenvalue weighted by atomic mass is 32.1. The van der Waals surface area contributed by atoms with Crippen molar-refractivity contribution in [3.8, 4) is 0 Å². The average Bonchev–Trinajstić information content (AvgIpc) is 3.11. The Morgan fingerprint density at radius 2 is 2.00 bits per heavy atom. The third-order valence-electron chi connectivity index (χ3n) is 2.94. The van der Waals surface area contributed by atoms with E-state index >= 15 is 0 Å². The Labute approximate surface area is 123 Å². The summed E-state index contributed by atoms with van der Waals surface area (Å²) in [6.07, 6.45) is 0. The number of hydrogen-bond donors (Lipinski definition) is 2. The number of carboxylic acids is 1. The second-order valence-electron chi connectivity index (χ2n) is 4.40. The van der Waals surface area contributed by atoms with Gasteiger partial charge in [-0.3, -0.25) is 4.79 Å². The molecule has 0 aliphatic carbocycles. The number of furan rings is 1. The first-order chi connectivity index (χ1) is 10.1. The van der Waals surface area contributed by atoms with Crippen molar-refractivity contribution in [3.63, 3.8) is 0 Å². The van der Waals surface area contributed by atoms with Crippen molar-refractivity contribution in [2.75, 3.05) is 0 Å². The molecule has 0 aliphatic heterocycles. The molecule has 2 aromatic heterocycles. The molecule has 106 valence electrons. The highest BCUT2D eigenvalue weighted by Gasteiger charge is 2.12. The van der Waals surface area contributed by atoms with Crippen LogP contribution in [-0.4, -0.2) is 17.0 Å². The third kappa shape index (κ3) is 2.80. The molecule has 0 fully saturated rings. The van der Waals surface area contributed by atoms with Crippen LogP contribution in [0.25, 0.3) is 10.1 Å². The largest absolute Gasteiger partial charge is 0.475 e. The molecule has 2 heterocycles. The van der Waals surface area contributed by atoms with Crippen molar-refractivity contribution in [2.24, 2.45) is 0 Å². The Balaban J connectivity index is 1.69. The first kappa shape index (κ1) is 13.4. The molecule has 0 saturated carbocycles.